The molecule has 0 spiro atoms. The number of Topliss-reactive ketones (excluding diaryl/α,β-unsaturated/α-hetero) is 1. The monoisotopic (exact) mass is 397 g/mol. The van der Waals surface area contributed by atoms with Crippen LogP contribution in [0.2, 0.25) is 0 Å². The van der Waals surface area contributed by atoms with Gasteiger partial charge in [0.15, 0.2) is 5.78 Å². The summed E-state index contributed by atoms with van der Waals surface area (Å²) in [5, 5.41) is 19.5. The number of allylic oxidation sites excluding steroid dienone is 4. The van der Waals surface area contributed by atoms with E-state index < -0.39 is 6.10 Å². The fraction of sp³-hybridized carbons (Fsp3) is 0.435. The molecule has 2 N–H and O–H groups in total. The number of carbonyl (C=O) groups is 1. The molecule has 0 aliphatic heterocycles. The Bertz CT molecular complexity index is 1060. The lowest BCUT2D eigenvalue weighted by molar-refractivity contribution is 0.0279. The standard InChI is InChI=1S/C23H27NO5/c1-23(2)18-9-15(29-12-13(26)11-25)6-7-16(18)21(27)20-17-8-5-14(28-4)10-19(17)24(3)22(20)23/h5,8-10,13,25-26H,6-7,11-12H2,1-4H3/t13-/m1/s1. The zero-order valence-electron chi connectivity index (χ0n) is 17.3. The van der Waals surface area contributed by atoms with Gasteiger partial charge in [0.2, 0.25) is 0 Å². The largest absolute Gasteiger partial charge is 0.497 e. The minimum atomic E-state index is -0.910. The van der Waals surface area contributed by atoms with Crippen LogP contribution in [0.25, 0.3) is 10.9 Å². The highest BCUT2D eigenvalue weighted by Gasteiger charge is 2.43. The Kier molecular flexibility index (Phi) is 4.79. The Morgan fingerprint density at radius 1 is 1.28 bits per heavy atom. The van der Waals surface area contributed by atoms with Crippen LogP contribution in [0.5, 0.6) is 5.75 Å². The molecule has 0 unspecified atom stereocenters. The summed E-state index contributed by atoms with van der Waals surface area (Å²) < 4.78 is 13.2. The number of ether oxygens (including phenoxy) is 2. The van der Waals surface area contributed by atoms with Crippen molar-refractivity contribution in [2.75, 3.05) is 20.3 Å². The van der Waals surface area contributed by atoms with Crippen LogP contribution >= 0.6 is 0 Å². The highest BCUT2D eigenvalue weighted by Crippen LogP contribution is 2.48. The van der Waals surface area contributed by atoms with E-state index in [0.29, 0.717) is 12.8 Å². The van der Waals surface area contributed by atoms with E-state index in [4.69, 9.17) is 14.6 Å². The minimum absolute atomic E-state index is 0.0401. The lowest BCUT2D eigenvalue weighted by Crippen LogP contribution is -2.33. The second-order valence-electron chi connectivity index (χ2n) is 8.27. The summed E-state index contributed by atoms with van der Waals surface area (Å²) in [6.45, 7) is 3.96. The number of aryl methyl sites for hydroxylation is 1. The van der Waals surface area contributed by atoms with Gasteiger partial charge in [-0.3, -0.25) is 4.79 Å². The van der Waals surface area contributed by atoms with Crippen LogP contribution in [0.3, 0.4) is 0 Å². The third kappa shape index (κ3) is 2.98. The zero-order valence-corrected chi connectivity index (χ0v) is 17.3. The molecule has 1 atom stereocenters. The average Bonchev–Trinajstić information content (AvgIpc) is 3.03. The third-order valence-corrected chi connectivity index (χ3v) is 6.10. The van der Waals surface area contributed by atoms with Crippen molar-refractivity contribution >= 4 is 16.7 Å². The van der Waals surface area contributed by atoms with Gasteiger partial charge >= 0.3 is 0 Å². The van der Waals surface area contributed by atoms with Crippen molar-refractivity contribution in [1.29, 1.82) is 0 Å². The lowest BCUT2D eigenvalue weighted by atomic mass is 9.68. The van der Waals surface area contributed by atoms with E-state index in [2.05, 4.69) is 18.4 Å². The molecule has 0 bridgehead atoms. The van der Waals surface area contributed by atoms with Crippen LogP contribution in [0.1, 0.15) is 42.7 Å². The molecule has 2 aromatic rings. The van der Waals surface area contributed by atoms with Gasteiger partial charge in [0.1, 0.15) is 18.5 Å². The normalized spacial score (nSPS) is 19.0. The number of aliphatic hydroxyl groups excluding tert-OH is 2. The van der Waals surface area contributed by atoms with Crippen molar-refractivity contribution in [2.24, 2.45) is 7.05 Å². The summed E-state index contributed by atoms with van der Waals surface area (Å²) in [5.41, 5.74) is 4.15. The first-order chi connectivity index (χ1) is 13.8. The summed E-state index contributed by atoms with van der Waals surface area (Å²) in [5.74, 6) is 1.58. The first-order valence-corrected chi connectivity index (χ1v) is 9.87. The fourth-order valence-electron chi connectivity index (χ4n) is 4.65. The van der Waals surface area contributed by atoms with Gasteiger partial charge in [-0.15, -0.1) is 0 Å². The smallest absolute Gasteiger partial charge is 0.191 e. The van der Waals surface area contributed by atoms with Crippen LogP contribution in [-0.2, 0) is 17.2 Å². The van der Waals surface area contributed by atoms with Gasteiger partial charge in [0, 0.05) is 41.6 Å². The number of rotatable bonds is 5. The van der Waals surface area contributed by atoms with Crippen molar-refractivity contribution < 1.29 is 24.5 Å². The predicted octanol–water partition coefficient (Wildman–Crippen LogP) is 3.00. The van der Waals surface area contributed by atoms with Crippen molar-refractivity contribution in [3.8, 4) is 5.75 Å². The van der Waals surface area contributed by atoms with Crippen LogP contribution < -0.4 is 4.74 Å². The number of ketones is 1. The van der Waals surface area contributed by atoms with Gasteiger partial charge in [-0.25, -0.2) is 0 Å². The Morgan fingerprint density at radius 3 is 2.72 bits per heavy atom. The SMILES string of the molecule is COc1ccc2c3c(n(C)c2c1)C(C)(C)C1=C(CCC(OC[C@H](O)CO)=C1)C3=O. The van der Waals surface area contributed by atoms with Crippen LogP contribution in [0.15, 0.2) is 41.2 Å². The quantitative estimate of drug-likeness (QED) is 0.811. The van der Waals surface area contributed by atoms with Gasteiger partial charge in [0.05, 0.1) is 30.6 Å². The van der Waals surface area contributed by atoms with Crippen LogP contribution in [0.4, 0.5) is 0 Å². The number of hydrogen-bond acceptors (Lipinski definition) is 5. The molecule has 1 aromatic heterocycles. The maximum absolute atomic E-state index is 13.5. The summed E-state index contributed by atoms with van der Waals surface area (Å²) in [4.78, 5) is 13.5. The van der Waals surface area contributed by atoms with E-state index in [1.807, 2.05) is 31.3 Å². The van der Waals surface area contributed by atoms with Gasteiger partial charge < -0.3 is 24.3 Å². The molecule has 6 heteroatoms. The van der Waals surface area contributed by atoms with E-state index in [1.54, 1.807) is 7.11 Å². The maximum atomic E-state index is 13.5. The van der Waals surface area contributed by atoms with Gasteiger partial charge in [0.25, 0.3) is 0 Å². The van der Waals surface area contributed by atoms with E-state index >= 15 is 0 Å². The molecule has 0 fully saturated rings. The Balaban J connectivity index is 1.83. The zero-order chi connectivity index (χ0) is 20.9. The van der Waals surface area contributed by atoms with E-state index in [0.717, 1.165) is 44.8 Å². The molecule has 154 valence electrons. The molecule has 0 saturated carbocycles. The van der Waals surface area contributed by atoms with Crippen molar-refractivity contribution in [3.63, 3.8) is 0 Å². The Hall–Kier alpha value is -2.57. The van der Waals surface area contributed by atoms with Gasteiger partial charge in [-0.1, -0.05) is 13.8 Å². The topological polar surface area (TPSA) is 80.9 Å². The number of hydrogen-bond donors (Lipinski definition) is 2. The highest BCUT2D eigenvalue weighted by atomic mass is 16.5. The second-order valence-corrected chi connectivity index (χ2v) is 8.27. The molecule has 2 aliphatic rings. The Morgan fingerprint density at radius 2 is 2.03 bits per heavy atom. The number of methoxy groups -OCH3 is 1. The molecule has 4 rings (SSSR count). The predicted molar refractivity (Wildman–Crippen MR) is 110 cm³/mol. The first-order valence-electron chi connectivity index (χ1n) is 9.87. The molecule has 0 radical (unpaired) electrons. The van der Waals surface area contributed by atoms with Gasteiger partial charge in [-0.2, -0.15) is 0 Å². The van der Waals surface area contributed by atoms with E-state index in [-0.39, 0.29) is 24.4 Å². The molecular weight excluding hydrogens is 370 g/mol. The third-order valence-electron chi connectivity index (χ3n) is 6.10. The maximum Gasteiger partial charge on any atom is 0.191 e. The number of aromatic nitrogens is 1. The molecule has 0 amide bonds. The summed E-state index contributed by atoms with van der Waals surface area (Å²) in [7, 11) is 3.63. The van der Waals surface area contributed by atoms with Crippen LogP contribution in [-0.4, -0.2) is 47.0 Å². The molecule has 1 aromatic carbocycles. The molecular formula is C23H27NO5. The molecule has 29 heavy (non-hydrogen) atoms. The van der Waals surface area contributed by atoms with Crippen molar-refractivity contribution in [3.05, 3.63) is 52.4 Å². The number of nitrogens with zero attached hydrogens (tertiary/aromatic N) is 1. The first kappa shape index (κ1) is 19.7. The Labute approximate surface area is 170 Å². The number of carbonyl (C=O) groups excluding carboxylic acids is 1. The molecule has 6 nitrogen and oxygen atoms in total. The average molecular weight is 397 g/mol. The number of fused-ring (bicyclic) bond motifs is 3. The van der Waals surface area contributed by atoms with Crippen LogP contribution in [0, 0.1) is 0 Å². The number of benzene rings is 1. The highest BCUT2D eigenvalue weighted by molar-refractivity contribution is 6.20. The fourth-order valence-corrected chi connectivity index (χ4v) is 4.65. The molecule has 2 aliphatic carbocycles. The molecule has 0 saturated heterocycles. The minimum Gasteiger partial charge on any atom is -0.497 e. The molecule has 1 heterocycles. The van der Waals surface area contributed by atoms with E-state index in [9.17, 15) is 9.90 Å². The van der Waals surface area contributed by atoms with Gasteiger partial charge in [-0.05, 0) is 30.2 Å². The summed E-state index contributed by atoms with van der Waals surface area (Å²) >= 11 is 0. The second kappa shape index (κ2) is 7.04. The summed E-state index contributed by atoms with van der Waals surface area (Å²) in [6.07, 6.45) is 2.24. The lowest BCUT2D eigenvalue weighted by Gasteiger charge is -2.37. The number of aliphatic hydroxyl groups is 2. The van der Waals surface area contributed by atoms with E-state index in [1.165, 1.54) is 0 Å². The van der Waals surface area contributed by atoms with Crippen molar-refractivity contribution in [2.45, 2.75) is 38.2 Å². The van der Waals surface area contributed by atoms with Crippen molar-refractivity contribution in [1.82, 2.24) is 4.57 Å². The summed E-state index contributed by atoms with van der Waals surface area (Å²) in [6, 6.07) is 5.83.